The summed E-state index contributed by atoms with van der Waals surface area (Å²) >= 11 is 2.81. The summed E-state index contributed by atoms with van der Waals surface area (Å²) in [6.45, 7) is 4.09. The Balaban J connectivity index is 1.67. The van der Waals surface area contributed by atoms with E-state index < -0.39 is 0 Å². The van der Waals surface area contributed by atoms with Crippen molar-refractivity contribution >= 4 is 33.8 Å². The number of thiazole rings is 1. The van der Waals surface area contributed by atoms with Gasteiger partial charge in [-0.1, -0.05) is 31.2 Å². The lowest BCUT2D eigenvalue weighted by Gasteiger charge is -2.04. The Labute approximate surface area is 154 Å². The Hall–Kier alpha value is -2.25. The van der Waals surface area contributed by atoms with Gasteiger partial charge in [-0.05, 0) is 30.4 Å². The van der Waals surface area contributed by atoms with E-state index in [1.165, 1.54) is 17.1 Å². The predicted octanol–water partition coefficient (Wildman–Crippen LogP) is 4.54. The number of nitrogens with one attached hydrogen (secondary N) is 1. The molecule has 0 aliphatic heterocycles. The smallest absolute Gasteiger partial charge is 0.343 e. The van der Waals surface area contributed by atoms with Crippen LogP contribution in [0.5, 0.6) is 0 Å². The van der Waals surface area contributed by atoms with Crippen molar-refractivity contribution in [3.05, 3.63) is 52.2 Å². The molecular weight excluding hydrogens is 354 g/mol. The number of hydrogen-bond donors (Lipinski definition) is 1. The van der Waals surface area contributed by atoms with Crippen molar-refractivity contribution in [2.45, 2.75) is 26.9 Å². The van der Waals surface area contributed by atoms with Gasteiger partial charge >= 0.3 is 5.97 Å². The lowest BCUT2D eigenvalue weighted by molar-refractivity contribution is 0.0469. The molecule has 25 heavy (non-hydrogen) atoms. The first-order valence-corrected chi connectivity index (χ1v) is 9.62. The van der Waals surface area contributed by atoms with Gasteiger partial charge in [0.25, 0.3) is 0 Å². The number of nitrogens with zero attached hydrogens (tertiary/aromatic N) is 2. The van der Waals surface area contributed by atoms with Gasteiger partial charge in [0.2, 0.25) is 0 Å². The minimum absolute atomic E-state index is 0.154. The van der Waals surface area contributed by atoms with Crippen molar-refractivity contribution in [2.24, 2.45) is 0 Å². The van der Waals surface area contributed by atoms with E-state index in [1.807, 2.05) is 5.38 Å². The number of ether oxygens (including phenoxy) is 1. The summed E-state index contributed by atoms with van der Waals surface area (Å²) in [5.41, 5.74) is 4.30. The Kier molecular flexibility index (Phi) is 5.45. The second kappa shape index (κ2) is 7.76. The van der Waals surface area contributed by atoms with E-state index in [0.29, 0.717) is 11.3 Å². The van der Waals surface area contributed by atoms with Crippen molar-refractivity contribution in [2.75, 3.05) is 12.4 Å². The van der Waals surface area contributed by atoms with Crippen molar-refractivity contribution in [1.82, 2.24) is 9.36 Å². The van der Waals surface area contributed by atoms with Crippen molar-refractivity contribution in [3.63, 3.8) is 0 Å². The predicted molar refractivity (Wildman–Crippen MR) is 102 cm³/mol. The van der Waals surface area contributed by atoms with Crippen LogP contribution in [0, 0.1) is 6.92 Å². The zero-order valence-electron chi connectivity index (χ0n) is 14.3. The number of aromatic nitrogens is 2. The van der Waals surface area contributed by atoms with Crippen LogP contribution in [0.2, 0.25) is 0 Å². The number of hydrogen-bond acceptors (Lipinski definition) is 7. The van der Waals surface area contributed by atoms with E-state index in [1.54, 1.807) is 25.3 Å². The summed E-state index contributed by atoms with van der Waals surface area (Å²) in [7, 11) is 1.76. The molecule has 3 aromatic rings. The maximum absolute atomic E-state index is 12.3. The van der Waals surface area contributed by atoms with Gasteiger partial charge in [0, 0.05) is 18.0 Å². The first kappa shape index (κ1) is 17.6. The molecule has 2 aromatic heterocycles. The molecule has 0 fully saturated rings. The molecule has 0 aliphatic carbocycles. The quantitative estimate of drug-likeness (QED) is 0.643. The number of carbonyl (C=O) groups excluding carboxylic acids is 1. The second-order valence-corrected chi connectivity index (χ2v) is 7.12. The molecule has 0 amide bonds. The molecule has 2 heterocycles. The van der Waals surface area contributed by atoms with Gasteiger partial charge in [-0.25, -0.2) is 9.78 Å². The summed E-state index contributed by atoms with van der Waals surface area (Å²) in [6.07, 6.45) is 1.02. The second-order valence-electron chi connectivity index (χ2n) is 5.49. The van der Waals surface area contributed by atoms with Crippen LogP contribution < -0.4 is 5.32 Å². The normalized spacial score (nSPS) is 10.7. The molecule has 0 unspecified atom stereocenters. The van der Waals surface area contributed by atoms with Gasteiger partial charge in [0.05, 0.1) is 11.4 Å². The van der Waals surface area contributed by atoms with E-state index in [9.17, 15) is 4.79 Å². The average Bonchev–Trinajstić information content (AvgIpc) is 3.26. The van der Waals surface area contributed by atoms with Crippen LogP contribution in [0.25, 0.3) is 10.6 Å². The number of anilines is 1. The summed E-state index contributed by atoms with van der Waals surface area (Å²) in [5, 5.41) is 6.55. The van der Waals surface area contributed by atoms with Crippen molar-refractivity contribution < 1.29 is 9.53 Å². The van der Waals surface area contributed by atoms with E-state index >= 15 is 0 Å². The number of rotatable bonds is 6. The summed E-state index contributed by atoms with van der Waals surface area (Å²) in [5.74, 6) is -0.377. The van der Waals surface area contributed by atoms with E-state index in [0.717, 1.165) is 27.7 Å². The van der Waals surface area contributed by atoms with Crippen LogP contribution >= 0.6 is 22.9 Å². The first-order valence-electron chi connectivity index (χ1n) is 7.97. The Bertz CT molecular complexity index is 869. The van der Waals surface area contributed by atoms with Gasteiger partial charge in [-0.2, -0.15) is 4.37 Å². The van der Waals surface area contributed by atoms with Gasteiger partial charge in [-0.15, -0.1) is 11.3 Å². The Morgan fingerprint density at radius 3 is 2.72 bits per heavy atom. The maximum Gasteiger partial charge on any atom is 0.343 e. The summed E-state index contributed by atoms with van der Waals surface area (Å²) in [6, 6.07) is 8.38. The van der Waals surface area contributed by atoms with Crippen LogP contribution in [0.1, 0.15) is 34.2 Å². The molecule has 1 N–H and O–H groups in total. The molecule has 0 atom stereocenters. The number of esters is 1. The highest BCUT2D eigenvalue weighted by atomic mass is 32.1. The Morgan fingerprint density at radius 1 is 1.28 bits per heavy atom. The largest absolute Gasteiger partial charge is 0.455 e. The number of carbonyl (C=O) groups is 1. The van der Waals surface area contributed by atoms with Crippen LogP contribution in [0.15, 0.2) is 29.6 Å². The zero-order valence-corrected chi connectivity index (χ0v) is 16.0. The van der Waals surface area contributed by atoms with E-state index in [2.05, 4.69) is 45.9 Å². The molecule has 0 aliphatic rings. The molecule has 0 radical (unpaired) electrons. The maximum atomic E-state index is 12.3. The minimum Gasteiger partial charge on any atom is -0.455 e. The van der Waals surface area contributed by atoms with Crippen molar-refractivity contribution in [3.8, 4) is 10.6 Å². The Morgan fingerprint density at radius 2 is 2.04 bits per heavy atom. The molecule has 130 valence electrons. The third kappa shape index (κ3) is 3.88. The fourth-order valence-electron chi connectivity index (χ4n) is 2.38. The minimum atomic E-state index is -0.377. The standard InChI is InChI=1S/C18H19N3O2S2/c1-4-12-5-7-13(8-6-12)16-20-14(10-24-16)9-23-18(22)15-11(2)21-25-17(15)19-3/h5-8,10,19H,4,9H2,1-3H3. The monoisotopic (exact) mass is 373 g/mol. The molecule has 0 saturated heterocycles. The van der Waals surface area contributed by atoms with Gasteiger partial charge < -0.3 is 10.1 Å². The van der Waals surface area contributed by atoms with Crippen molar-refractivity contribution in [1.29, 1.82) is 0 Å². The first-order chi connectivity index (χ1) is 12.1. The third-order valence-corrected chi connectivity index (χ3v) is 5.70. The van der Waals surface area contributed by atoms with Gasteiger partial charge in [-0.3, -0.25) is 0 Å². The van der Waals surface area contributed by atoms with Crippen LogP contribution in [0.3, 0.4) is 0 Å². The highest BCUT2D eigenvalue weighted by Crippen LogP contribution is 2.27. The molecule has 0 bridgehead atoms. The molecule has 1 aromatic carbocycles. The lowest BCUT2D eigenvalue weighted by Crippen LogP contribution is -2.08. The number of benzene rings is 1. The molecule has 3 rings (SSSR count). The highest BCUT2D eigenvalue weighted by molar-refractivity contribution is 7.13. The zero-order chi connectivity index (χ0) is 17.8. The summed E-state index contributed by atoms with van der Waals surface area (Å²) in [4.78, 5) is 16.9. The highest BCUT2D eigenvalue weighted by Gasteiger charge is 2.19. The van der Waals surface area contributed by atoms with Crippen LogP contribution in [-0.4, -0.2) is 22.4 Å². The lowest BCUT2D eigenvalue weighted by atomic mass is 10.1. The fourth-order valence-corrected chi connectivity index (χ4v) is 3.92. The molecule has 7 heteroatoms. The molecule has 5 nitrogen and oxygen atoms in total. The molecular formula is C18H19N3O2S2. The topological polar surface area (TPSA) is 64.1 Å². The average molecular weight is 374 g/mol. The van der Waals surface area contributed by atoms with Gasteiger partial charge in [0.15, 0.2) is 0 Å². The third-order valence-electron chi connectivity index (χ3n) is 3.81. The SMILES string of the molecule is CCc1ccc(-c2nc(COC(=O)c3c(C)nsc3NC)cs2)cc1. The van der Waals surface area contributed by atoms with E-state index in [-0.39, 0.29) is 12.6 Å². The molecule has 0 saturated carbocycles. The van der Waals surface area contributed by atoms with Crippen LogP contribution in [-0.2, 0) is 17.8 Å². The summed E-state index contributed by atoms with van der Waals surface area (Å²) < 4.78 is 9.60. The molecule has 0 spiro atoms. The fraction of sp³-hybridized carbons (Fsp3) is 0.278. The van der Waals surface area contributed by atoms with E-state index in [4.69, 9.17) is 4.74 Å². The number of aryl methyl sites for hydroxylation is 2. The van der Waals surface area contributed by atoms with Crippen LogP contribution in [0.4, 0.5) is 5.00 Å². The van der Waals surface area contributed by atoms with Gasteiger partial charge in [0.1, 0.15) is 22.2 Å².